The molecule has 3 aromatic rings. The maximum atomic E-state index is 13.7. The summed E-state index contributed by atoms with van der Waals surface area (Å²) >= 11 is 0. The number of para-hydroxylation sites is 1. The van der Waals surface area contributed by atoms with Gasteiger partial charge in [0.05, 0.1) is 25.1 Å². The third kappa shape index (κ3) is 3.82. The lowest BCUT2D eigenvalue weighted by atomic mass is 10.1. The number of ether oxygens (including phenoxy) is 3. The van der Waals surface area contributed by atoms with Gasteiger partial charge in [-0.15, -0.1) is 0 Å². The molecule has 0 N–H and O–H groups in total. The van der Waals surface area contributed by atoms with Gasteiger partial charge in [0.15, 0.2) is 11.3 Å². The van der Waals surface area contributed by atoms with Gasteiger partial charge in [0, 0.05) is 12.2 Å². The summed E-state index contributed by atoms with van der Waals surface area (Å²) in [6.07, 6.45) is -2.27. The van der Waals surface area contributed by atoms with Crippen LogP contribution in [0.5, 0.6) is 5.75 Å². The summed E-state index contributed by atoms with van der Waals surface area (Å²) in [6.45, 7) is 0.617. The number of fused-ring (bicyclic) bond motifs is 1. The molecular weight excluding hydrogens is 403 g/mol. The molecule has 0 amide bonds. The molecule has 0 bridgehead atoms. The fourth-order valence-electron chi connectivity index (χ4n) is 3.33. The number of alkyl halides is 3. The van der Waals surface area contributed by atoms with Crippen molar-refractivity contribution in [3.8, 4) is 17.0 Å². The second-order valence-electron chi connectivity index (χ2n) is 6.75. The van der Waals surface area contributed by atoms with E-state index in [0.29, 0.717) is 22.4 Å². The van der Waals surface area contributed by atoms with Gasteiger partial charge in [-0.3, -0.25) is 0 Å². The summed E-state index contributed by atoms with van der Waals surface area (Å²) in [5.74, 6) is -0.456. The molecule has 2 aromatic heterocycles. The highest BCUT2D eigenvalue weighted by Crippen LogP contribution is 2.35. The van der Waals surface area contributed by atoms with Crippen molar-refractivity contribution in [2.24, 2.45) is 0 Å². The second-order valence-corrected chi connectivity index (χ2v) is 6.75. The first-order valence-corrected chi connectivity index (χ1v) is 9.26. The monoisotopic (exact) mass is 421 g/mol. The average Bonchev–Trinajstić information content (AvgIpc) is 3.40. The number of hydrogen-bond donors (Lipinski definition) is 0. The molecule has 0 saturated carbocycles. The van der Waals surface area contributed by atoms with Crippen molar-refractivity contribution in [2.45, 2.75) is 25.1 Å². The van der Waals surface area contributed by atoms with E-state index in [9.17, 15) is 18.0 Å². The lowest BCUT2D eigenvalue weighted by molar-refractivity contribution is -0.142. The van der Waals surface area contributed by atoms with Gasteiger partial charge < -0.3 is 14.2 Å². The molecule has 1 aromatic carbocycles. The predicted molar refractivity (Wildman–Crippen MR) is 99.2 cm³/mol. The molecule has 0 radical (unpaired) electrons. The second kappa shape index (κ2) is 7.94. The molecule has 7 nitrogen and oxygen atoms in total. The molecule has 4 rings (SSSR count). The Bertz CT molecular complexity index is 1070. The van der Waals surface area contributed by atoms with Crippen molar-refractivity contribution < 1.29 is 32.2 Å². The van der Waals surface area contributed by atoms with E-state index in [0.717, 1.165) is 25.1 Å². The highest BCUT2D eigenvalue weighted by Gasteiger charge is 2.36. The fraction of sp³-hybridized carbons (Fsp3) is 0.350. The number of halogens is 3. The maximum Gasteiger partial charge on any atom is 0.433 e. The summed E-state index contributed by atoms with van der Waals surface area (Å²) in [5, 5.41) is 3.73. The van der Waals surface area contributed by atoms with Crippen molar-refractivity contribution in [3.63, 3.8) is 0 Å². The molecule has 3 heterocycles. The summed E-state index contributed by atoms with van der Waals surface area (Å²) in [4.78, 5) is 16.8. The van der Waals surface area contributed by atoms with Gasteiger partial charge in [-0.25, -0.2) is 14.3 Å². The topological polar surface area (TPSA) is 75.0 Å². The fourth-order valence-corrected chi connectivity index (χ4v) is 3.33. The van der Waals surface area contributed by atoms with E-state index in [1.54, 1.807) is 24.3 Å². The van der Waals surface area contributed by atoms with Gasteiger partial charge in [-0.2, -0.15) is 18.3 Å². The van der Waals surface area contributed by atoms with Gasteiger partial charge >= 0.3 is 12.1 Å². The number of benzene rings is 1. The van der Waals surface area contributed by atoms with Gasteiger partial charge in [0.1, 0.15) is 17.9 Å². The number of carbonyl (C=O) groups excluding carboxylic acids is 1. The SMILES string of the molecule is COc1ccccc1-c1cc(C(F)(F)F)n2ncc(C(=O)OC[C@@H]3CCCO3)c2n1. The van der Waals surface area contributed by atoms with E-state index in [1.165, 1.54) is 7.11 Å². The smallest absolute Gasteiger partial charge is 0.433 e. The van der Waals surface area contributed by atoms with Crippen molar-refractivity contribution in [2.75, 3.05) is 20.3 Å². The largest absolute Gasteiger partial charge is 0.496 e. The van der Waals surface area contributed by atoms with Gasteiger partial charge in [0.2, 0.25) is 0 Å². The molecule has 1 aliphatic heterocycles. The highest BCUT2D eigenvalue weighted by molar-refractivity contribution is 5.96. The van der Waals surface area contributed by atoms with E-state index in [-0.39, 0.29) is 29.6 Å². The Hall–Kier alpha value is -3.14. The summed E-state index contributed by atoms with van der Waals surface area (Å²) < 4.78 is 57.6. The minimum absolute atomic E-state index is 0.000881. The number of nitrogens with zero attached hydrogens (tertiary/aromatic N) is 3. The molecule has 0 aliphatic carbocycles. The highest BCUT2D eigenvalue weighted by atomic mass is 19.4. The summed E-state index contributed by atoms with van der Waals surface area (Å²) in [7, 11) is 1.41. The lowest BCUT2D eigenvalue weighted by Crippen LogP contribution is -2.18. The number of hydrogen-bond acceptors (Lipinski definition) is 6. The Balaban J connectivity index is 1.78. The van der Waals surface area contributed by atoms with Crippen LogP contribution in [-0.2, 0) is 15.7 Å². The lowest BCUT2D eigenvalue weighted by Gasteiger charge is -2.13. The van der Waals surface area contributed by atoms with Crippen LogP contribution in [0.2, 0.25) is 0 Å². The molecule has 0 spiro atoms. The van der Waals surface area contributed by atoms with Crippen molar-refractivity contribution in [3.05, 3.63) is 47.8 Å². The van der Waals surface area contributed by atoms with Crippen LogP contribution >= 0.6 is 0 Å². The normalized spacial score (nSPS) is 16.7. The van der Waals surface area contributed by atoms with Gasteiger partial charge in [-0.05, 0) is 31.0 Å². The zero-order valence-electron chi connectivity index (χ0n) is 16.0. The van der Waals surface area contributed by atoms with Crippen LogP contribution in [0.25, 0.3) is 16.9 Å². The van der Waals surface area contributed by atoms with E-state index in [1.807, 2.05) is 0 Å². The maximum absolute atomic E-state index is 13.7. The van der Waals surface area contributed by atoms with E-state index < -0.39 is 17.8 Å². The third-order valence-electron chi connectivity index (χ3n) is 4.79. The summed E-state index contributed by atoms with van der Waals surface area (Å²) in [5.41, 5.74) is -1.11. The molecule has 1 atom stereocenters. The van der Waals surface area contributed by atoms with Crippen LogP contribution in [0.1, 0.15) is 28.9 Å². The quantitative estimate of drug-likeness (QED) is 0.584. The Morgan fingerprint density at radius 2 is 2.13 bits per heavy atom. The van der Waals surface area contributed by atoms with E-state index in [4.69, 9.17) is 14.2 Å². The molecule has 0 unspecified atom stereocenters. The van der Waals surface area contributed by atoms with Crippen LogP contribution in [0.3, 0.4) is 0 Å². The summed E-state index contributed by atoms with van der Waals surface area (Å²) in [6, 6.07) is 7.42. The third-order valence-corrected chi connectivity index (χ3v) is 4.79. The first kappa shape index (κ1) is 20.1. The molecule has 1 fully saturated rings. The van der Waals surface area contributed by atoms with Crippen molar-refractivity contribution >= 4 is 11.6 Å². The Kier molecular flexibility index (Phi) is 5.33. The number of methoxy groups -OCH3 is 1. The minimum atomic E-state index is -4.72. The van der Waals surface area contributed by atoms with E-state index >= 15 is 0 Å². The van der Waals surface area contributed by atoms with Gasteiger partial charge in [-0.1, -0.05) is 12.1 Å². The molecule has 158 valence electrons. The zero-order chi connectivity index (χ0) is 21.3. The number of carbonyl (C=O) groups is 1. The molecule has 1 aliphatic rings. The minimum Gasteiger partial charge on any atom is -0.496 e. The number of esters is 1. The van der Waals surface area contributed by atoms with Crippen LogP contribution in [0.15, 0.2) is 36.5 Å². The molecule has 30 heavy (non-hydrogen) atoms. The number of aromatic nitrogens is 3. The Labute approximate surface area is 169 Å². The average molecular weight is 421 g/mol. The predicted octanol–water partition coefficient (Wildman–Crippen LogP) is 3.76. The molecule has 1 saturated heterocycles. The van der Waals surface area contributed by atoms with Crippen molar-refractivity contribution in [1.82, 2.24) is 14.6 Å². The van der Waals surface area contributed by atoms with Crippen LogP contribution in [-0.4, -0.2) is 47.0 Å². The van der Waals surface area contributed by atoms with Gasteiger partial charge in [0.25, 0.3) is 0 Å². The van der Waals surface area contributed by atoms with Crippen LogP contribution < -0.4 is 4.74 Å². The first-order chi connectivity index (χ1) is 14.4. The zero-order valence-corrected chi connectivity index (χ0v) is 16.0. The molecule has 10 heteroatoms. The van der Waals surface area contributed by atoms with Crippen LogP contribution in [0, 0.1) is 0 Å². The number of rotatable bonds is 5. The van der Waals surface area contributed by atoms with Crippen LogP contribution in [0.4, 0.5) is 13.2 Å². The van der Waals surface area contributed by atoms with Crippen molar-refractivity contribution in [1.29, 1.82) is 0 Å². The Morgan fingerprint density at radius 1 is 1.33 bits per heavy atom. The van der Waals surface area contributed by atoms with E-state index in [2.05, 4.69) is 10.1 Å². The Morgan fingerprint density at radius 3 is 2.83 bits per heavy atom. The molecular formula is C20H18F3N3O4. The standard InChI is InChI=1S/C20H18F3N3O4/c1-28-16-7-3-2-6-13(16)15-9-17(20(21,22)23)26-18(25-15)14(10-24-26)19(27)30-11-12-5-4-8-29-12/h2-3,6-7,9-10,12H,4-5,8,11H2,1H3/t12-/m0/s1. The first-order valence-electron chi connectivity index (χ1n) is 9.26.